The Labute approximate surface area is 96.9 Å². The molecule has 2 rings (SSSR count). The van der Waals surface area contributed by atoms with Gasteiger partial charge < -0.3 is 5.11 Å². The Bertz CT molecular complexity index is 639. The highest BCUT2D eigenvalue weighted by molar-refractivity contribution is 5.94. The van der Waals surface area contributed by atoms with Crippen molar-refractivity contribution in [3.63, 3.8) is 0 Å². The molecule has 2 N–H and O–H groups in total. The number of carboxylic acid groups (broad SMARTS) is 1. The molecule has 2 aromatic rings. The minimum absolute atomic E-state index is 0.00764. The smallest absolute Gasteiger partial charge is 0.341 e. The maximum absolute atomic E-state index is 12.1. The van der Waals surface area contributed by atoms with Gasteiger partial charge in [0.15, 0.2) is 5.65 Å². The lowest BCUT2D eigenvalue weighted by molar-refractivity contribution is 0.0699. The molecular formula is C11H13N3O3. The van der Waals surface area contributed by atoms with Crippen LogP contribution in [0, 0.1) is 6.92 Å². The van der Waals surface area contributed by atoms with Gasteiger partial charge in [-0.05, 0) is 13.3 Å². The van der Waals surface area contributed by atoms with E-state index in [1.807, 2.05) is 6.92 Å². The average Bonchev–Trinajstić information content (AvgIpc) is 2.68. The van der Waals surface area contributed by atoms with Crippen LogP contribution in [0.4, 0.5) is 0 Å². The van der Waals surface area contributed by atoms with E-state index in [1.165, 1.54) is 10.7 Å². The van der Waals surface area contributed by atoms with Crippen molar-refractivity contribution in [3.05, 3.63) is 33.4 Å². The second-order valence-electron chi connectivity index (χ2n) is 3.88. The van der Waals surface area contributed by atoms with Crippen LogP contribution in [0.3, 0.4) is 0 Å². The quantitative estimate of drug-likeness (QED) is 0.830. The first-order valence-electron chi connectivity index (χ1n) is 5.39. The standard InChI is InChI=1S/C11H13N3O3/c1-3-4-7-6(2)13-9-8(11(16)17)5-12-14(9)10(7)15/h5,12H,3-4H2,1-2H3,(H,16,17). The van der Waals surface area contributed by atoms with E-state index in [4.69, 9.17) is 5.11 Å². The molecule has 6 heteroatoms. The highest BCUT2D eigenvalue weighted by atomic mass is 16.4. The number of fused-ring (bicyclic) bond motifs is 1. The first-order valence-corrected chi connectivity index (χ1v) is 5.39. The molecule has 0 saturated carbocycles. The van der Waals surface area contributed by atoms with Crippen molar-refractivity contribution in [3.8, 4) is 0 Å². The van der Waals surface area contributed by atoms with Gasteiger partial charge in [0.05, 0.1) is 0 Å². The van der Waals surface area contributed by atoms with E-state index in [9.17, 15) is 9.59 Å². The van der Waals surface area contributed by atoms with Gasteiger partial charge in [0.25, 0.3) is 5.56 Å². The van der Waals surface area contributed by atoms with Gasteiger partial charge in [-0.1, -0.05) is 13.3 Å². The molecule has 0 aliphatic heterocycles. The lowest BCUT2D eigenvalue weighted by Crippen LogP contribution is -2.22. The number of carbonyl (C=O) groups is 1. The van der Waals surface area contributed by atoms with Crippen LogP contribution in [-0.2, 0) is 6.42 Å². The summed E-state index contributed by atoms with van der Waals surface area (Å²) in [5.41, 5.74) is 1.18. The number of aromatic carboxylic acids is 1. The lowest BCUT2D eigenvalue weighted by atomic mass is 10.1. The van der Waals surface area contributed by atoms with Gasteiger partial charge >= 0.3 is 5.97 Å². The van der Waals surface area contributed by atoms with Crippen LogP contribution in [-0.4, -0.2) is 25.7 Å². The zero-order chi connectivity index (χ0) is 12.6. The summed E-state index contributed by atoms with van der Waals surface area (Å²) in [6.07, 6.45) is 2.76. The molecule has 2 heterocycles. The van der Waals surface area contributed by atoms with Crippen molar-refractivity contribution in [2.75, 3.05) is 0 Å². The molecule has 2 aromatic heterocycles. The van der Waals surface area contributed by atoms with Gasteiger partial charge in [-0.25, -0.2) is 14.3 Å². The van der Waals surface area contributed by atoms with E-state index >= 15 is 0 Å². The van der Waals surface area contributed by atoms with Gasteiger partial charge in [-0.2, -0.15) is 0 Å². The highest BCUT2D eigenvalue weighted by Crippen LogP contribution is 2.09. The van der Waals surface area contributed by atoms with Crippen LogP contribution in [0.2, 0.25) is 0 Å². The third-order valence-corrected chi connectivity index (χ3v) is 2.69. The third-order valence-electron chi connectivity index (χ3n) is 2.69. The molecular weight excluding hydrogens is 222 g/mol. The minimum Gasteiger partial charge on any atom is -0.477 e. The lowest BCUT2D eigenvalue weighted by Gasteiger charge is -2.03. The SMILES string of the molecule is CCCc1c(C)nc2c(C(=O)O)c[nH]n2c1=O. The molecule has 0 atom stereocenters. The van der Waals surface area contributed by atoms with Gasteiger partial charge in [0.1, 0.15) is 5.56 Å². The first kappa shape index (κ1) is 11.4. The predicted octanol–water partition coefficient (Wildman–Crippen LogP) is 0.982. The topological polar surface area (TPSA) is 87.5 Å². The number of nitrogens with zero attached hydrogens (tertiary/aromatic N) is 2. The molecule has 17 heavy (non-hydrogen) atoms. The van der Waals surface area contributed by atoms with E-state index in [1.54, 1.807) is 6.92 Å². The normalized spacial score (nSPS) is 10.9. The Kier molecular flexibility index (Phi) is 2.71. The fourth-order valence-corrected chi connectivity index (χ4v) is 1.85. The van der Waals surface area contributed by atoms with Crippen molar-refractivity contribution < 1.29 is 9.90 Å². The largest absolute Gasteiger partial charge is 0.477 e. The number of aromatic amines is 1. The predicted molar refractivity (Wildman–Crippen MR) is 61.5 cm³/mol. The fraction of sp³-hybridized carbons (Fsp3) is 0.364. The number of rotatable bonds is 3. The molecule has 0 amide bonds. The Morgan fingerprint density at radius 2 is 2.29 bits per heavy atom. The number of nitrogens with one attached hydrogen (secondary N) is 1. The average molecular weight is 235 g/mol. The van der Waals surface area contributed by atoms with Crippen molar-refractivity contribution >= 4 is 11.6 Å². The second-order valence-corrected chi connectivity index (χ2v) is 3.88. The van der Waals surface area contributed by atoms with E-state index < -0.39 is 5.97 Å². The van der Waals surface area contributed by atoms with Crippen LogP contribution in [0.1, 0.15) is 35.0 Å². The van der Waals surface area contributed by atoms with Crippen LogP contribution in [0.15, 0.2) is 11.0 Å². The number of aryl methyl sites for hydroxylation is 1. The summed E-state index contributed by atoms with van der Waals surface area (Å²) in [5.74, 6) is -1.10. The number of H-pyrrole nitrogens is 1. The first-order chi connectivity index (χ1) is 8.06. The molecule has 0 radical (unpaired) electrons. The summed E-state index contributed by atoms with van der Waals surface area (Å²) in [6.45, 7) is 3.70. The summed E-state index contributed by atoms with van der Waals surface area (Å²) >= 11 is 0. The van der Waals surface area contributed by atoms with Crippen LogP contribution in [0.25, 0.3) is 5.65 Å². The van der Waals surface area contributed by atoms with Gasteiger partial charge in [-0.3, -0.25) is 9.89 Å². The summed E-state index contributed by atoms with van der Waals surface area (Å²) in [4.78, 5) is 27.2. The van der Waals surface area contributed by atoms with Crippen molar-refractivity contribution in [2.45, 2.75) is 26.7 Å². The summed E-state index contributed by atoms with van der Waals surface area (Å²) in [6, 6.07) is 0. The van der Waals surface area contributed by atoms with E-state index in [-0.39, 0.29) is 16.8 Å². The number of hydrogen-bond acceptors (Lipinski definition) is 3. The Morgan fingerprint density at radius 3 is 2.88 bits per heavy atom. The highest BCUT2D eigenvalue weighted by Gasteiger charge is 2.16. The molecule has 0 saturated heterocycles. The van der Waals surface area contributed by atoms with Crippen LogP contribution in [0.5, 0.6) is 0 Å². The second kappa shape index (κ2) is 4.04. The summed E-state index contributed by atoms with van der Waals surface area (Å²) < 4.78 is 1.18. The van der Waals surface area contributed by atoms with Crippen molar-refractivity contribution in [2.24, 2.45) is 0 Å². The zero-order valence-electron chi connectivity index (χ0n) is 9.65. The molecule has 0 aliphatic rings. The van der Waals surface area contributed by atoms with Crippen molar-refractivity contribution in [1.29, 1.82) is 0 Å². The van der Waals surface area contributed by atoms with Crippen LogP contribution >= 0.6 is 0 Å². The zero-order valence-corrected chi connectivity index (χ0v) is 9.65. The summed E-state index contributed by atoms with van der Waals surface area (Å²) in [7, 11) is 0. The van der Waals surface area contributed by atoms with E-state index in [0.29, 0.717) is 17.7 Å². The van der Waals surface area contributed by atoms with E-state index in [0.717, 1.165) is 6.42 Å². The van der Waals surface area contributed by atoms with Crippen LogP contribution < -0.4 is 5.56 Å². The maximum atomic E-state index is 12.1. The number of aromatic nitrogens is 3. The molecule has 6 nitrogen and oxygen atoms in total. The van der Waals surface area contributed by atoms with Crippen molar-refractivity contribution in [1.82, 2.24) is 14.6 Å². The molecule has 0 aliphatic carbocycles. The molecule has 0 fully saturated rings. The number of hydrogen-bond donors (Lipinski definition) is 2. The minimum atomic E-state index is -1.10. The summed E-state index contributed by atoms with van der Waals surface area (Å²) in [5, 5.41) is 11.6. The molecule has 0 bridgehead atoms. The van der Waals surface area contributed by atoms with Gasteiger partial charge in [0.2, 0.25) is 0 Å². The maximum Gasteiger partial charge on any atom is 0.341 e. The molecule has 0 aromatic carbocycles. The Balaban J connectivity index is 2.79. The molecule has 0 spiro atoms. The fourth-order valence-electron chi connectivity index (χ4n) is 1.85. The Hall–Kier alpha value is -2.11. The molecule has 0 unspecified atom stereocenters. The van der Waals surface area contributed by atoms with E-state index in [2.05, 4.69) is 10.1 Å². The van der Waals surface area contributed by atoms with Gasteiger partial charge in [0, 0.05) is 17.5 Å². The number of carboxylic acids is 1. The molecule has 90 valence electrons. The Morgan fingerprint density at radius 1 is 1.59 bits per heavy atom. The van der Waals surface area contributed by atoms with Gasteiger partial charge in [-0.15, -0.1) is 0 Å². The third kappa shape index (κ3) is 1.71. The monoisotopic (exact) mass is 235 g/mol.